The van der Waals surface area contributed by atoms with Crippen LogP contribution in [0.25, 0.3) is 0 Å². The zero-order chi connectivity index (χ0) is 16.8. The molecule has 0 unspecified atom stereocenters. The predicted molar refractivity (Wildman–Crippen MR) is 78.9 cm³/mol. The number of aliphatic carboxylic acids is 3. The van der Waals surface area contributed by atoms with E-state index in [4.69, 9.17) is 29.5 Å². The van der Waals surface area contributed by atoms with Gasteiger partial charge in [0.05, 0.1) is 58.9 Å². The van der Waals surface area contributed by atoms with Gasteiger partial charge in [-0.3, -0.25) is 14.4 Å². The molecule has 0 rings (SSSR count). The topological polar surface area (TPSA) is 230 Å². The molecule has 12 nitrogen and oxygen atoms in total. The van der Waals surface area contributed by atoms with Gasteiger partial charge < -0.3 is 46.0 Å². The van der Waals surface area contributed by atoms with Gasteiger partial charge in [-0.1, -0.05) is 0 Å². The molecule has 0 heterocycles. The summed E-state index contributed by atoms with van der Waals surface area (Å²) in [6.45, 7) is 0.719. The van der Waals surface area contributed by atoms with Gasteiger partial charge in [-0.25, -0.2) is 0 Å². The molecule has 0 fully saturated rings. The van der Waals surface area contributed by atoms with E-state index < -0.39 is 17.9 Å². The molecule has 0 spiro atoms. The Bertz CT molecular complexity index is 300. The number of carbonyl (C=O) groups is 3. The van der Waals surface area contributed by atoms with Crippen molar-refractivity contribution in [2.24, 2.45) is 5.92 Å². The Morgan fingerprint density at radius 2 is 0.923 bits per heavy atom. The molecule has 0 saturated heterocycles. The third kappa shape index (κ3) is 27.7. The summed E-state index contributed by atoms with van der Waals surface area (Å²) in [4.78, 5) is 31.1. The van der Waals surface area contributed by atoms with Gasteiger partial charge in [-0.15, -0.1) is 0 Å². The molecule has 0 aliphatic rings. The van der Waals surface area contributed by atoms with Gasteiger partial charge in [0, 0.05) is 27.0 Å². The van der Waals surface area contributed by atoms with E-state index in [0.717, 1.165) is 0 Å². The van der Waals surface area contributed by atoms with Crippen LogP contribution >= 0.6 is 0 Å². The van der Waals surface area contributed by atoms with Crippen LogP contribution in [-0.2, 0) is 55.1 Å². The first-order valence-electron chi connectivity index (χ1n) is 6.80. The molecule has 0 saturated carbocycles. The maximum absolute atomic E-state index is 10.4. The van der Waals surface area contributed by atoms with Crippen LogP contribution in [0.4, 0.5) is 0 Å². The van der Waals surface area contributed by atoms with Crippen LogP contribution in [0.5, 0.6) is 0 Å². The van der Waals surface area contributed by atoms with Gasteiger partial charge >= 0.3 is 17.9 Å². The first-order valence-corrected chi connectivity index (χ1v) is 6.80. The minimum Gasteiger partial charge on any atom is -2.00 e. The summed E-state index contributed by atoms with van der Waals surface area (Å²) in [5.74, 6) is -3.12. The van der Waals surface area contributed by atoms with Gasteiger partial charge in [0.15, 0.2) is 0 Å². The van der Waals surface area contributed by atoms with Crippen molar-refractivity contribution in [3.05, 3.63) is 0 Å². The van der Waals surface area contributed by atoms with E-state index in [2.05, 4.69) is 0 Å². The van der Waals surface area contributed by atoms with Crippen LogP contribution < -0.4 is 0 Å². The van der Waals surface area contributed by atoms with Gasteiger partial charge in [-0.05, 0) is 0 Å². The van der Waals surface area contributed by atoms with Crippen LogP contribution in [0.3, 0.4) is 0 Å². The molecule has 0 aliphatic carbocycles. The molecule has 26 heavy (non-hydrogen) atoms. The fraction of sp³-hybridized carbons (Fsp3) is 0.769. The Balaban J connectivity index is -0.000000367. The van der Waals surface area contributed by atoms with Crippen molar-refractivity contribution in [1.82, 2.24) is 0 Å². The van der Waals surface area contributed by atoms with Crippen LogP contribution in [0.1, 0.15) is 19.3 Å². The van der Waals surface area contributed by atoms with Crippen molar-refractivity contribution >= 4 is 17.9 Å². The third-order valence-corrected chi connectivity index (χ3v) is 2.44. The summed E-state index contributed by atoms with van der Waals surface area (Å²) < 4.78 is 15.6. The quantitative estimate of drug-likeness (QED) is 0.207. The molecular formula is C13H25O12W-3. The van der Waals surface area contributed by atoms with E-state index in [1.807, 2.05) is 0 Å². The average molecular weight is 557 g/mol. The summed E-state index contributed by atoms with van der Waals surface area (Å²) in [5.41, 5.74) is 0. The first-order chi connectivity index (χ1) is 10.4. The average Bonchev–Trinajstić information content (AvgIpc) is 2.42. The van der Waals surface area contributed by atoms with Crippen molar-refractivity contribution in [3.63, 3.8) is 0 Å². The smallest absolute Gasteiger partial charge is 0.305 e. The van der Waals surface area contributed by atoms with E-state index in [9.17, 15) is 14.4 Å². The Hall–Kier alpha value is -1.14. The largest absolute Gasteiger partial charge is 2.00 e. The van der Waals surface area contributed by atoms with Crippen molar-refractivity contribution in [1.29, 1.82) is 0 Å². The van der Waals surface area contributed by atoms with Crippen molar-refractivity contribution in [2.75, 3.05) is 39.6 Å². The van der Waals surface area contributed by atoms with Gasteiger partial charge in [0.25, 0.3) is 0 Å². The predicted octanol–water partition coefficient (Wildman–Crippen LogP) is -1.05. The summed E-state index contributed by atoms with van der Waals surface area (Å²) in [5, 5.41) is 25.5. The van der Waals surface area contributed by atoms with Gasteiger partial charge in [-0.2, -0.15) is 0 Å². The van der Waals surface area contributed by atoms with Crippen LogP contribution in [0.2, 0.25) is 0 Å². The third-order valence-electron chi connectivity index (χ3n) is 2.44. The molecule has 6 N–H and O–H groups in total. The standard InChI is InChI=1S/C13H22O9.2H2O.O.W/c14-11(15)1-4-20-7-10(8-21-5-2-12(16)17)9-22-6-3-13(18)19;;;;/h10H,1-9H2,(H,14,15)(H,16,17)(H,18,19);2*1H2;;/q;;;-2;/p-1. The SMILES string of the molecule is O.O=C(O)CCOCC(COCCC(=O)O)COCCC(=O)O.[O-2].[OH-].[W]. The first kappa shape index (κ1) is 35.9. The van der Waals surface area contributed by atoms with E-state index in [-0.39, 0.29) is 102 Å². The maximum Gasteiger partial charge on any atom is 0.305 e. The Morgan fingerprint density at radius 1 is 0.692 bits per heavy atom. The van der Waals surface area contributed by atoms with Crippen molar-refractivity contribution < 1.29 is 81.4 Å². The minimum absolute atomic E-state index is 0. The summed E-state index contributed by atoms with van der Waals surface area (Å²) in [7, 11) is 0. The van der Waals surface area contributed by atoms with Gasteiger partial charge in [0.1, 0.15) is 0 Å². The summed E-state index contributed by atoms with van der Waals surface area (Å²) in [6, 6.07) is 0. The monoisotopic (exact) mass is 557 g/mol. The number of carboxylic acid groups (broad SMARTS) is 3. The number of hydrogen-bond acceptors (Lipinski definition) is 7. The zero-order valence-corrected chi connectivity index (χ0v) is 16.9. The van der Waals surface area contributed by atoms with Crippen LogP contribution in [0.15, 0.2) is 0 Å². The Kier molecular flexibility index (Phi) is 32.9. The van der Waals surface area contributed by atoms with Crippen molar-refractivity contribution in [2.45, 2.75) is 19.3 Å². The second-order valence-electron chi connectivity index (χ2n) is 4.52. The second-order valence-corrected chi connectivity index (χ2v) is 4.52. The molecule has 0 aromatic rings. The number of ether oxygens (including phenoxy) is 3. The molecule has 0 aliphatic heterocycles. The molecule has 0 aromatic heterocycles. The second kappa shape index (κ2) is 23.9. The van der Waals surface area contributed by atoms with Crippen LogP contribution in [-0.4, -0.2) is 83.8 Å². The van der Waals surface area contributed by atoms with E-state index in [1.54, 1.807) is 0 Å². The molecule has 158 valence electrons. The molecule has 0 radical (unpaired) electrons. The molecular weight excluding hydrogens is 532 g/mol. The maximum atomic E-state index is 10.4. The summed E-state index contributed by atoms with van der Waals surface area (Å²) in [6.07, 6.45) is -0.356. The number of carboxylic acids is 3. The van der Waals surface area contributed by atoms with E-state index in [1.165, 1.54) is 0 Å². The normalized spacial score (nSPS) is 9.12. The van der Waals surface area contributed by atoms with E-state index >= 15 is 0 Å². The minimum atomic E-state index is -0.966. The van der Waals surface area contributed by atoms with E-state index in [0.29, 0.717) is 0 Å². The molecule has 13 heteroatoms. The molecule has 0 aromatic carbocycles. The Labute approximate surface area is 164 Å². The van der Waals surface area contributed by atoms with Gasteiger partial charge in [0.2, 0.25) is 0 Å². The van der Waals surface area contributed by atoms with Crippen LogP contribution in [0, 0.1) is 5.92 Å². The molecule has 0 atom stereocenters. The number of hydrogen-bond donors (Lipinski definition) is 3. The fourth-order valence-corrected chi connectivity index (χ4v) is 1.37. The molecule has 0 bridgehead atoms. The summed E-state index contributed by atoms with van der Waals surface area (Å²) >= 11 is 0. The zero-order valence-electron chi connectivity index (χ0n) is 14.0. The Morgan fingerprint density at radius 3 is 1.12 bits per heavy atom. The van der Waals surface area contributed by atoms with Crippen molar-refractivity contribution in [3.8, 4) is 0 Å². The molecule has 0 amide bonds. The number of rotatable bonds is 15. The fourth-order valence-electron chi connectivity index (χ4n) is 1.37.